The van der Waals surface area contributed by atoms with Gasteiger partial charge in [-0.25, -0.2) is 0 Å². The zero-order chi connectivity index (χ0) is 18.8. The molecule has 3 nitrogen and oxygen atoms in total. The second kappa shape index (κ2) is 7.93. The minimum Gasteiger partial charge on any atom is -0.321 e. The molecule has 2 atom stereocenters. The first-order chi connectivity index (χ1) is 12.4. The summed E-state index contributed by atoms with van der Waals surface area (Å²) in [6, 6.07) is 9.00. The molecule has 0 saturated carbocycles. The largest absolute Gasteiger partial charge is 0.321 e. The van der Waals surface area contributed by atoms with Crippen LogP contribution >= 0.6 is 11.3 Å². The van der Waals surface area contributed by atoms with Gasteiger partial charge in [0.05, 0.1) is 6.54 Å². The van der Waals surface area contributed by atoms with Crippen molar-refractivity contribution in [2.75, 3.05) is 18.4 Å². The fraction of sp³-hybridized carbons (Fsp3) is 0.500. The highest BCUT2D eigenvalue weighted by molar-refractivity contribution is 7.10. The summed E-state index contributed by atoms with van der Waals surface area (Å²) < 4.78 is 0. The summed E-state index contributed by atoms with van der Waals surface area (Å²) in [6.07, 6.45) is 1.08. The highest BCUT2D eigenvalue weighted by Crippen LogP contribution is 2.32. The molecule has 1 aromatic carbocycles. The monoisotopic (exact) mass is 371 g/mol. The minimum absolute atomic E-state index is 0.125. The number of quaternary nitrogens is 1. The van der Waals surface area contributed by atoms with Gasteiger partial charge in [0.15, 0.2) is 6.54 Å². The van der Waals surface area contributed by atoms with Crippen LogP contribution in [0.3, 0.4) is 0 Å². The van der Waals surface area contributed by atoms with Gasteiger partial charge in [0.2, 0.25) is 0 Å². The van der Waals surface area contributed by atoms with Gasteiger partial charge < -0.3 is 10.2 Å². The Morgan fingerprint density at radius 1 is 1.19 bits per heavy atom. The molecule has 0 radical (unpaired) electrons. The second-order valence-corrected chi connectivity index (χ2v) is 9.03. The molecule has 3 rings (SSSR count). The Balaban J connectivity index is 1.77. The first-order valence-corrected chi connectivity index (χ1v) is 10.6. The van der Waals surface area contributed by atoms with Crippen molar-refractivity contribution in [3.8, 4) is 0 Å². The molecular formula is C22H31N2OS+. The molecule has 1 aliphatic rings. The van der Waals surface area contributed by atoms with Crippen LogP contribution in [-0.2, 0) is 11.2 Å². The molecule has 0 spiro atoms. The maximum Gasteiger partial charge on any atom is 0.279 e. The maximum atomic E-state index is 12.9. The van der Waals surface area contributed by atoms with Gasteiger partial charge in [0.25, 0.3) is 5.91 Å². The predicted molar refractivity (Wildman–Crippen MR) is 110 cm³/mol. The number of rotatable bonds is 5. The average molecular weight is 372 g/mol. The van der Waals surface area contributed by atoms with Crippen molar-refractivity contribution in [2.45, 2.75) is 58.9 Å². The fourth-order valence-electron chi connectivity index (χ4n) is 3.98. The maximum absolute atomic E-state index is 12.9. The van der Waals surface area contributed by atoms with E-state index in [-0.39, 0.29) is 5.91 Å². The number of nitrogens with one attached hydrogen (secondary N) is 2. The number of hydrogen-bond acceptors (Lipinski definition) is 2. The van der Waals surface area contributed by atoms with Crippen LogP contribution in [0.2, 0.25) is 0 Å². The Kier molecular flexibility index (Phi) is 5.83. The van der Waals surface area contributed by atoms with Crippen molar-refractivity contribution in [3.63, 3.8) is 0 Å². The van der Waals surface area contributed by atoms with Crippen molar-refractivity contribution in [1.82, 2.24) is 0 Å². The van der Waals surface area contributed by atoms with Crippen molar-refractivity contribution in [3.05, 3.63) is 51.2 Å². The number of carbonyl (C=O) groups excluding carboxylic acids is 1. The molecular weight excluding hydrogens is 340 g/mol. The number of para-hydroxylation sites is 1. The molecule has 0 saturated heterocycles. The quantitative estimate of drug-likeness (QED) is 0.814. The van der Waals surface area contributed by atoms with Crippen LogP contribution in [-0.4, -0.2) is 19.0 Å². The smallest absolute Gasteiger partial charge is 0.279 e. The molecule has 140 valence electrons. The van der Waals surface area contributed by atoms with Gasteiger partial charge in [0, 0.05) is 22.5 Å². The number of fused-ring (bicyclic) bond motifs is 1. The Hall–Kier alpha value is -1.65. The van der Waals surface area contributed by atoms with Gasteiger partial charge in [-0.2, -0.15) is 0 Å². The zero-order valence-corrected chi connectivity index (χ0v) is 17.4. The van der Waals surface area contributed by atoms with Gasteiger partial charge in [0.1, 0.15) is 6.04 Å². The van der Waals surface area contributed by atoms with Crippen molar-refractivity contribution in [1.29, 1.82) is 0 Å². The third-order valence-electron chi connectivity index (χ3n) is 5.56. The van der Waals surface area contributed by atoms with E-state index >= 15 is 0 Å². The van der Waals surface area contributed by atoms with Crippen LogP contribution in [0.25, 0.3) is 0 Å². The normalized spacial score (nSPS) is 19.7. The van der Waals surface area contributed by atoms with Gasteiger partial charge in [-0.15, -0.1) is 11.3 Å². The number of thiophene rings is 1. The summed E-state index contributed by atoms with van der Waals surface area (Å²) in [5, 5.41) is 5.45. The number of amides is 1. The summed E-state index contributed by atoms with van der Waals surface area (Å²) >= 11 is 1.85. The summed E-state index contributed by atoms with van der Waals surface area (Å²) in [6.45, 7) is 12.5. The standard InChI is InChI=1S/C22H30N2OS/c1-14(2)17-7-6-8-18(15(3)4)22(17)23-21(25)13-24-11-9-20-19(16(24)5)10-12-26-20/h6-8,10,12,14-16H,9,11,13H2,1-5H3,(H,23,25)/p+1/t16-/m1/s1. The topological polar surface area (TPSA) is 33.5 Å². The molecule has 1 aromatic heterocycles. The lowest BCUT2D eigenvalue weighted by Crippen LogP contribution is -3.14. The van der Waals surface area contributed by atoms with E-state index < -0.39 is 0 Å². The van der Waals surface area contributed by atoms with Gasteiger partial charge in [-0.1, -0.05) is 45.9 Å². The molecule has 0 fully saturated rings. The highest BCUT2D eigenvalue weighted by Gasteiger charge is 2.30. The lowest BCUT2D eigenvalue weighted by Gasteiger charge is -2.30. The Labute approximate surface area is 161 Å². The van der Waals surface area contributed by atoms with Crippen LogP contribution in [0, 0.1) is 0 Å². The van der Waals surface area contributed by atoms with Crippen LogP contribution in [0.4, 0.5) is 5.69 Å². The third kappa shape index (κ3) is 3.86. The number of benzene rings is 1. The Bertz CT molecular complexity index is 752. The molecule has 2 N–H and O–H groups in total. The lowest BCUT2D eigenvalue weighted by molar-refractivity contribution is -0.923. The van der Waals surface area contributed by atoms with E-state index in [0.717, 1.165) is 18.7 Å². The summed E-state index contributed by atoms with van der Waals surface area (Å²) in [5.41, 5.74) is 4.91. The molecule has 1 unspecified atom stereocenters. The molecule has 2 heterocycles. The second-order valence-electron chi connectivity index (χ2n) is 8.02. The molecule has 4 heteroatoms. The predicted octanol–water partition coefficient (Wildman–Crippen LogP) is 4.14. The van der Waals surface area contributed by atoms with E-state index in [1.54, 1.807) is 0 Å². The number of anilines is 1. The molecule has 1 aliphatic heterocycles. The summed E-state index contributed by atoms with van der Waals surface area (Å²) in [4.78, 5) is 15.8. The van der Waals surface area contributed by atoms with Gasteiger partial charge >= 0.3 is 0 Å². The van der Waals surface area contributed by atoms with Crippen molar-refractivity contribution >= 4 is 22.9 Å². The van der Waals surface area contributed by atoms with Crippen molar-refractivity contribution < 1.29 is 9.69 Å². The van der Waals surface area contributed by atoms with Crippen LogP contribution in [0.1, 0.15) is 74.1 Å². The van der Waals surface area contributed by atoms with Crippen LogP contribution in [0.5, 0.6) is 0 Å². The first kappa shape index (κ1) is 19.1. The zero-order valence-electron chi connectivity index (χ0n) is 16.6. The lowest BCUT2D eigenvalue weighted by atomic mass is 9.92. The van der Waals surface area contributed by atoms with Crippen LogP contribution in [0.15, 0.2) is 29.6 Å². The number of carbonyl (C=O) groups is 1. The molecule has 0 aliphatic carbocycles. The third-order valence-corrected chi connectivity index (χ3v) is 6.55. The van der Waals surface area contributed by atoms with Gasteiger partial charge in [-0.3, -0.25) is 4.79 Å². The Morgan fingerprint density at radius 3 is 2.46 bits per heavy atom. The van der Waals surface area contributed by atoms with E-state index in [1.807, 2.05) is 11.3 Å². The van der Waals surface area contributed by atoms with E-state index in [1.165, 1.54) is 26.5 Å². The summed E-state index contributed by atoms with van der Waals surface area (Å²) in [7, 11) is 0. The Morgan fingerprint density at radius 2 is 1.85 bits per heavy atom. The van der Waals surface area contributed by atoms with E-state index in [4.69, 9.17) is 0 Å². The molecule has 26 heavy (non-hydrogen) atoms. The fourth-order valence-corrected chi connectivity index (χ4v) is 4.96. The number of hydrogen-bond donors (Lipinski definition) is 2. The van der Waals surface area contributed by atoms with E-state index in [0.29, 0.717) is 24.4 Å². The SMILES string of the molecule is CC(C)c1cccc(C(C)C)c1NC(=O)C[NH+]1CCc2sccc2[C@H]1C. The summed E-state index contributed by atoms with van der Waals surface area (Å²) in [5.74, 6) is 0.901. The van der Waals surface area contributed by atoms with E-state index in [2.05, 4.69) is 69.6 Å². The van der Waals surface area contributed by atoms with Crippen LogP contribution < -0.4 is 10.2 Å². The van der Waals surface area contributed by atoms with Crippen molar-refractivity contribution in [2.24, 2.45) is 0 Å². The molecule has 2 aromatic rings. The highest BCUT2D eigenvalue weighted by atomic mass is 32.1. The molecule has 0 bridgehead atoms. The minimum atomic E-state index is 0.125. The van der Waals surface area contributed by atoms with Gasteiger partial charge in [-0.05, 0) is 41.3 Å². The first-order valence-electron chi connectivity index (χ1n) is 9.72. The average Bonchev–Trinajstić information content (AvgIpc) is 3.06. The molecule has 1 amide bonds. The van der Waals surface area contributed by atoms with E-state index in [9.17, 15) is 4.79 Å².